The van der Waals surface area contributed by atoms with Crippen molar-refractivity contribution in [1.82, 2.24) is 14.1 Å². The number of sulfonamides is 1. The number of ether oxygens (including phenoxy) is 1. The lowest BCUT2D eigenvalue weighted by atomic mass is 10.1. The molecule has 0 spiro atoms. The molecule has 182 valence electrons. The molecule has 0 radical (unpaired) electrons. The van der Waals surface area contributed by atoms with E-state index in [9.17, 15) is 23.3 Å². The molecule has 2 fully saturated rings. The van der Waals surface area contributed by atoms with Gasteiger partial charge in [0.15, 0.2) is 5.75 Å². The van der Waals surface area contributed by atoms with Crippen LogP contribution in [0.3, 0.4) is 0 Å². The van der Waals surface area contributed by atoms with Crippen LogP contribution in [-0.2, 0) is 16.6 Å². The Balaban J connectivity index is 1.42. The van der Waals surface area contributed by atoms with Crippen LogP contribution < -0.4 is 4.74 Å². The van der Waals surface area contributed by atoms with Gasteiger partial charge in [-0.25, -0.2) is 8.42 Å². The predicted octanol–water partition coefficient (Wildman–Crippen LogP) is 2.35. The van der Waals surface area contributed by atoms with Gasteiger partial charge in [0, 0.05) is 44.4 Å². The van der Waals surface area contributed by atoms with Crippen molar-refractivity contribution in [3.63, 3.8) is 0 Å². The lowest BCUT2D eigenvalue weighted by molar-refractivity contribution is -0.386. The fourth-order valence-electron chi connectivity index (χ4n) is 4.44. The summed E-state index contributed by atoms with van der Waals surface area (Å²) in [5, 5.41) is 11.3. The number of carbonyl (C=O) groups is 1. The van der Waals surface area contributed by atoms with E-state index in [1.807, 2.05) is 18.2 Å². The molecule has 1 amide bonds. The first-order chi connectivity index (χ1) is 16.3. The third kappa shape index (κ3) is 5.06. The van der Waals surface area contributed by atoms with Gasteiger partial charge in [0.1, 0.15) is 0 Å². The monoisotopic (exact) mass is 488 g/mol. The third-order valence-electron chi connectivity index (χ3n) is 6.29. The third-order valence-corrected chi connectivity index (χ3v) is 8.18. The average molecular weight is 489 g/mol. The number of hydrogen-bond acceptors (Lipinski definition) is 7. The Morgan fingerprint density at radius 1 is 1.03 bits per heavy atom. The Morgan fingerprint density at radius 2 is 1.74 bits per heavy atom. The summed E-state index contributed by atoms with van der Waals surface area (Å²) in [6.45, 7) is 3.68. The summed E-state index contributed by atoms with van der Waals surface area (Å²) in [7, 11) is -2.66. The van der Waals surface area contributed by atoms with Gasteiger partial charge in [-0.2, -0.15) is 4.31 Å². The zero-order valence-corrected chi connectivity index (χ0v) is 19.9. The number of amides is 1. The van der Waals surface area contributed by atoms with E-state index >= 15 is 0 Å². The van der Waals surface area contributed by atoms with E-state index in [1.54, 1.807) is 11.0 Å². The van der Waals surface area contributed by atoms with Gasteiger partial charge >= 0.3 is 5.69 Å². The van der Waals surface area contributed by atoms with Crippen LogP contribution in [0, 0.1) is 10.1 Å². The quantitative estimate of drug-likeness (QED) is 0.434. The molecule has 0 aliphatic carbocycles. The molecule has 0 bridgehead atoms. The first kappa shape index (κ1) is 24.1. The lowest BCUT2D eigenvalue weighted by Crippen LogP contribution is -2.50. The van der Waals surface area contributed by atoms with E-state index in [0.717, 1.165) is 31.3 Å². The molecule has 0 N–H and O–H groups in total. The Bertz CT molecular complexity index is 1170. The van der Waals surface area contributed by atoms with Gasteiger partial charge in [-0.15, -0.1) is 0 Å². The molecule has 0 atom stereocenters. The van der Waals surface area contributed by atoms with Crippen LogP contribution in [0.4, 0.5) is 5.69 Å². The predicted molar refractivity (Wildman–Crippen MR) is 125 cm³/mol. The van der Waals surface area contributed by atoms with E-state index in [4.69, 9.17) is 4.74 Å². The standard InChI is InChI=1S/C23H28N4O6S/c1-33-22-8-7-20(16-21(22)27(29)30)34(31,32)26-13-11-25(12-14-26)23(28)19-6-4-5-18(15-19)17-24-9-2-3-10-24/h4-8,15-16H,2-3,9-14,17H2,1H3. The van der Waals surface area contributed by atoms with Gasteiger partial charge < -0.3 is 9.64 Å². The summed E-state index contributed by atoms with van der Waals surface area (Å²) in [5.74, 6) is -0.133. The van der Waals surface area contributed by atoms with Crippen LogP contribution in [-0.4, -0.2) is 79.7 Å². The maximum atomic E-state index is 13.1. The molecule has 2 aromatic carbocycles. The van der Waals surface area contributed by atoms with Gasteiger partial charge in [0.2, 0.25) is 10.0 Å². The van der Waals surface area contributed by atoms with E-state index in [1.165, 1.54) is 36.4 Å². The smallest absolute Gasteiger partial charge is 0.312 e. The van der Waals surface area contributed by atoms with Gasteiger partial charge in [0.05, 0.1) is 16.9 Å². The van der Waals surface area contributed by atoms with Crippen molar-refractivity contribution in [3.8, 4) is 5.75 Å². The number of hydrogen-bond donors (Lipinski definition) is 0. The van der Waals surface area contributed by atoms with Crippen molar-refractivity contribution in [2.75, 3.05) is 46.4 Å². The second kappa shape index (κ2) is 10.1. The van der Waals surface area contributed by atoms with E-state index < -0.39 is 20.6 Å². The maximum Gasteiger partial charge on any atom is 0.312 e. The number of piperazine rings is 1. The maximum absolute atomic E-state index is 13.1. The summed E-state index contributed by atoms with van der Waals surface area (Å²) in [6, 6.07) is 11.2. The van der Waals surface area contributed by atoms with E-state index in [0.29, 0.717) is 5.56 Å². The van der Waals surface area contributed by atoms with Crippen molar-refractivity contribution >= 4 is 21.6 Å². The summed E-state index contributed by atoms with van der Waals surface area (Å²) in [4.78, 5) is 27.5. The van der Waals surface area contributed by atoms with Crippen LogP contribution in [0.2, 0.25) is 0 Å². The van der Waals surface area contributed by atoms with Gasteiger partial charge in [-0.05, 0) is 55.8 Å². The number of nitro groups is 1. The Kier molecular flexibility index (Phi) is 7.15. The zero-order chi connectivity index (χ0) is 24.3. The molecule has 0 saturated carbocycles. The molecule has 2 aliphatic rings. The van der Waals surface area contributed by atoms with Crippen LogP contribution in [0.15, 0.2) is 47.4 Å². The molecule has 2 aromatic rings. The highest BCUT2D eigenvalue weighted by Gasteiger charge is 2.32. The van der Waals surface area contributed by atoms with Crippen molar-refractivity contribution in [1.29, 1.82) is 0 Å². The minimum Gasteiger partial charge on any atom is -0.490 e. The van der Waals surface area contributed by atoms with E-state index in [2.05, 4.69) is 4.90 Å². The first-order valence-electron chi connectivity index (χ1n) is 11.2. The normalized spacial score (nSPS) is 17.6. The summed E-state index contributed by atoms with van der Waals surface area (Å²) >= 11 is 0. The molecule has 11 heteroatoms. The molecular formula is C23H28N4O6S. The summed E-state index contributed by atoms with van der Waals surface area (Å²) < 4.78 is 32.4. The van der Waals surface area contributed by atoms with Crippen molar-refractivity contribution in [2.45, 2.75) is 24.3 Å². The summed E-state index contributed by atoms with van der Waals surface area (Å²) in [6.07, 6.45) is 2.41. The number of carbonyl (C=O) groups excluding carboxylic acids is 1. The molecule has 0 unspecified atom stereocenters. The number of benzene rings is 2. The van der Waals surface area contributed by atoms with Crippen LogP contribution in [0.5, 0.6) is 5.75 Å². The fraction of sp³-hybridized carbons (Fsp3) is 0.435. The average Bonchev–Trinajstić information content (AvgIpc) is 3.36. The highest BCUT2D eigenvalue weighted by molar-refractivity contribution is 7.89. The molecule has 2 saturated heterocycles. The Morgan fingerprint density at radius 3 is 2.38 bits per heavy atom. The fourth-order valence-corrected chi connectivity index (χ4v) is 5.88. The number of rotatable bonds is 7. The second-order valence-electron chi connectivity index (χ2n) is 8.47. The summed E-state index contributed by atoms with van der Waals surface area (Å²) in [5.41, 5.74) is 1.28. The second-order valence-corrected chi connectivity index (χ2v) is 10.4. The molecule has 34 heavy (non-hydrogen) atoms. The van der Waals surface area contributed by atoms with Gasteiger partial charge in [-0.3, -0.25) is 19.8 Å². The minimum atomic E-state index is -3.95. The zero-order valence-electron chi connectivity index (χ0n) is 19.1. The van der Waals surface area contributed by atoms with E-state index in [-0.39, 0.29) is 42.7 Å². The molecule has 10 nitrogen and oxygen atoms in total. The molecule has 2 heterocycles. The molecular weight excluding hydrogens is 460 g/mol. The lowest BCUT2D eigenvalue weighted by Gasteiger charge is -2.34. The van der Waals surface area contributed by atoms with Crippen LogP contribution in [0.25, 0.3) is 0 Å². The molecule has 2 aliphatic heterocycles. The number of likely N-dealkylation sites (tertiary alicyclic amines) is 1. The Hall–Kier alpha value is -3.02. The van der Waals surface area contributed by atoms with Crippen LogP contribution in [0.1, 0.15) is 28.8 Å². The van der Waals surface area contributed by atoms with Crippen molar-refractivity contribution < 1.29 is 22.9 Å². The van der Waals surface area contributed by atoms with Crippen molar-refractivity contribution in [2.24, 2.45) is 0 Å². The topological polar surface area (TPSA) is 113 Å². The van der Waals surface area contributed by atoms with Gasteiger partial charge in [-0.1, -0.05) is 12.1 Å². The minimum absolute atomic E-state index is 0.00803. The SMILES string of the molecule is COc1ccc(S(=O)(=O)N2CCN(C(=O)c3cccc(CN4CCCC4)c3)CC2)cc1[N+](=O)[O-]. The van der Waals surface area contributed by atoms with Gasteiger partial charge in [0.25, 0.3) is 5.91 Å². The Labute approximate surface area is 198 Å². The van der Waals surface area contributed by atoms with Crippen molar-refractivity contribution in [3.05, 3.63) is 63.7 Å². The highest BCUT2D eigenvalue weighted by atomic mass is 32.2. The molecule has 4 rings (SSSR count). The number of nitro benzene ring substituents is 1. The first-order valence-corrected chi connectivity index (χ1v) is 12.7. The number of nitrogens with zero attached hydrogens (tertiary/aromatic N) is 4. The molecule has 0 aromatic heterocycles. The highest BCUT2D eigenvalue weighted by Crippen LogP contribution is 2.31. The number of methoxy groups -OCH3 is 1. The largest absolute Gasteiger partial charge is 0.490 e. The van der Waals surface area contributed by atoms with Crippen LogP contribution >= 0.6 is 0 Å².